The van der Waals surface area contributed by atoms with Crippen molar-refractivity contribution in [2.75, 3.05) is 24.6 Å². The molecule has 0 aliphatic carbocycles. The Balaban J connectivity index is 2.00. The highest BCUT2D eigenvalue weighted by Gasteiger charge is 2.28. The van der Waals surface area contributed by atoms with E-state index in [1.807, 2.05) is 11.0 Å². The highest BCUT2D eigenvalue weighted by molar-refractivity contribution is 5.93. The molecule has 1 aliphatic heterocycles. The fraction of sp³-hybridized carbons (Fsp3) is 0.368. The molecule has 1 aromatic carbocycles. The van der Waals surface area contributed by atoms with Gasteiger partial charge >= 0.3 is 5.97 Å². The van der Waals surface area contributed by atoms with E-state index in [0.717, 1.165) is 0 Å². The second-order valence-corrected chi connectivity index (χ2v) is 6.35. The Bertz CT molecular complexity index is 886. The third kappa shape index (κ3) is 3.99. The molecule has 0 atom stereocenters. The minimum Gasteiger partial charge on any atom is -0.461 e. The number of anilines is 1. The number of aromatic nitrogens is 2. The lowest BCUT2D eigenvalue weighted by Crippen LogP contribution is -2.40. The highest BCUT2D eigenvalue weighted by atomic mass is 16.5. The summed E-state index contributed by atoms with van der Waals surface area (Å²) >= 11 is 0. The van der Waals surface area contributed by atoms with Crippen LogP contribution in [0.4, 0.5) is 5.69 Å². The fourth-order valence-electron chi connectivity index (χ4n) is 3.19. The van der Waals surface area contributed by atoms with Crippen LogP contribution >= 0.6 is 0 Å². The smallest absolute Gasteiger partial charge is 0.360 e. The van der Waals surface area contributed by atoms with Gasteiger partial charge in [-0.3, -0.25) is 9.59 Å². The van der Waals surface area contributed by atoms with E-state index in [0.29, 0.717) is 37.3 Å². The first kappa shape index (κ1) is 18.6. The Morgan fingerprint density at radius 3 is 2.48 bits per heavy atom. The van der Waals surface area contributed by atoms with E-state index >= 15 is 0 Å². The summed E-state index contributed by atoms with van der Waals surface area (Å²) in [6, 6.07) is 10.3. The maximum absolute atomic E-state index is 12.6. The summed E-state index contributed by atoms with van der Waals surface area (Å²) < 4.78 is 6.32. The molecule has 0 spiro atoms. The van der Waals surface area contributed by atoms with Crippen molar-refractivity contribution in [2.45, 2.75) is 19.8 Å². The molecule has 2 N–H and O–H groups in total. The highest BCUT2D eigenvalue weighted by Crippen LogP contribution is 2.25. The number of esters is 1. The SMILES string of the molecule is CCOC(=O)c1nn(-c2ccccc2)c(=O)cc1N1CCC(C(N)=O)CC1. The van der Waals surface area contributed by atoms with Crippen LogP contribution in [0.15, 0.2) is 41.2 Å². The molecular weight excluding hydrogens is 348 g/mol. The van der Waals surface area contributed by atoms with Crippen LogP contribution in [-0.2, 0) is 9.53 Å². The van der Waals surface area contributed by atoms with Crippen molar-refractivity contribution >= 4 is 17.6 Å². The van der Waals surface area contributed by atoms with Crippen LogP contribution in [0.5, 0.6) is 0 Å². The molecule has 3 rings (SSSR count). The number of primary amides is 1. The number of ether oxygens (including phenoxy) is 1. The number of piperidine rings is 1. The number of amides is 1. The number of benzene rings is 1. The first-order valence-corrected chi connectivity index (χ1v) is 8.92. The van der Waals surface area contributed by atoms with Gasteiger partial charge in [0.15, 0.2) is 5.69 Å². The van der Waals surface area contributed by atoms with Crippen molar-refractivity contribution in [2.24, 2.45) is 11.7 Å². The van der Waals surface area contributed by atoms with Gasteiger partial charge in [0.1, 0.15) is 0 Å². The quantitative estimate of drug-likeness (QED) is 0.790. The molecule has 2 aromatic rings. The average Bonchev–Trinajstić information content (AvgIpc) is 2.68. The molecule has 0 unspecified atom stereocenters. The maximum atomic E-state index is 12.6. The molecule has 8 heteroatoms. The number of para-hydroxylation sites is 1. The number of carbonyl (C=O) groups is 2. The van der Waals surface area contributed by atoms with Gasteiger partial charge in [0, 0.05) is 25.1 Å². The van der Waals surface area contributed by atoms with Crippen molar-refractivity contribution in [1.29, 1.82) is 0 Å². The number of rotatable bonds is 5. The molecule has 8 nitrogen and oxygen atoms in total. The second kappa shape index (κ2) is 8.03. The van der Waals surface area contributed by atoms with E-state index in [2.05, 4.69) is 5.10 Å². The minimum atomic E-state index is -0.589. The molecule has 1 aliphatic rings. The van der Waals surface area contributed by atoms with E-state index in [1.54, 1.807) is 31.2 Å². The zero-order valence-electron chi connectivity index (χ0n) is 15.1. The van der Waals surface area contributed by atoms with Crippen LogP contribution in [0.25, 0.3) is 5.69 Å². The van der Waals surface area contributed by atoms with Crippen LogP contribution in [0.1, 0.15) is 30.3 Å². The molecule has 1 saturated heterocycles. The summed E-state index contributed by atoms with van der Waals surface area (Å²) in [5.41, 5.74) is 6.10. The number of nitrogens with zero attached hydrogens (tertiary/aromatic N) is 3. The normalized spacial score (nSPS) is 14.8. The van der Waals surface area contributed by atoms with Gasteiger partial charge in [-0.2, -0.15) is 9.78 Å². The van der Waals surface area contributed by atoms with Crippen molar-refractivity contribution in [3.63, 3.8) is 0 Å². The zero-order valence-corrected chi connectivity index (χ0v) is 15.1. The molecule has 0 radical (unpaired) electrons. The molecule has 0 bridgehead atoms. The Morgan fingerprint density at radius 2 is 1.89 bits per heavy atom. The molecule has 0 saturated carbocycles. The summed E-state index contributed by atoms with van der Waals surface area (Å²) in [6.45, 7) is 2.93. The lowest BCUT2D eigenvalue weighted by molar-refractivity contribution is -0.122. The predicted octanol–water partition coefficient (Wildman–Crippen LogP) is 1.11. The molecule has 1 fully saturated rings. The molecule has 2 heterocycles. The van der Waals surface area contributed by atoms with E-state index in [-0.39, 0.29) is 29.7 Å². The second-order valence-electron chi connectivity index (χ2n) is 6.35. The number of hydrogen-bond acceptors (Lipinski definition) is 6. The summed E-state index contributed by atoms with van der Waals surface area (Å²) in [5, 5.41) is 4.29. The van der Waals surface area contributed by atoms with Crippen molar-refractivity contribution in [1.82, 2.24) is 9.78 Å². The van der Waals surface area contributed by atoms with Gasteiger partial charge in [-0.25, -0.2) is 4.79 Å². The molecular formula is C19H22N4O4. The Morgan fingerprint density at radius 1 is 1.22 bits per heavy atom. The van der Waals surface area contributed by atoms with E-state index in [9.17, 15) is 14.4 Å². The Labute approximate surface area is 156 Å². The van der Waals surface area contributed by atoms with Crippen LogP contribution in [0, 0.1) is 5.92 Å². The standard InChI is InChI=1S/C19H22N4O4/c1-2-27-19(26)17-15(22-10-8-13(9-11-22)18(20)25)12-16(24)23(21-17)14-6-4-3-5-7-14/h3-7,12-13H,2,8-11H2,1H3,(H2,20,25). The molecule has 1 aromatic heterocycles. The first-order chi connectivity index (χ1) is 13.0. The minimum absolute atomic E-state index is 0.0813. The largest absolute Gasteiger partial charge is 0.461 e. The van der Waals surface area contributed by atoms with Gasteiger partial charge < -0.3 is 15.4 Å². The number of nitrogens with two attached hydrogens (primary N) is 1. The zero-order chi connectivity index (χ0) is 19.4. The molecule has 1 amide bonds. The van der Waals surface area contributed by atoms with E-state index < -0.39 is 5.97 Å². The van der Waals surface area contributed by atoms with Crippen molar-refractivity contribution < 1.29 is 14.3 Å². The third-order valence-electron chi connectivity index (χ3n) is 4.62. The van der Waals surface area contributed by atoms with Gasteiger partial charge in [-0.05, 0) is 31.9 Å². The maximum Gasteiger partial charge on any atom is 0.360 e. The lowest BCUT2D eigenvalue weighted by Gasteiger charge is -2.32. The predicted molar refractivity (Wildman–Crippen MR) is 99.9 cm³/mol. The number of hydrogen-bond donors (Lipinski definition) is 1. The van der Waals surface area contributed by atoms with Crippen molar-refractivity contribution in [3.8, 4) is 5.69 Å². The monoisotopic (exact) mass is 370 g/mol. The van der Waals surface area contributed by atoms with Gasteiger partial charge in [-0.15, -0.1) is 0 Å². The first-order valence-electron chi connectivity index (χ1n) is 8.92. The topological polar surface area (TPSA) is 108 Å². The Hall–Kier alpha value is -3.16. The fourth-order valence-corrected chi connectivity index (χ4v) is 3.19. The van der Waals surface area contributed by atoms with Gasteiger partial charge in [0.25, 0.3) is 5.56 Å². The van der Waals surface area contributed by atoms with Crippen LogP contribution < -0.4 is 16.2 Å². The number of carbonyl (C=O) groups excluding carboxylic acids is 2. The van der Waals surface area contributed by atoms with Gasteiger partial charge in [0.05, 0.1) is 18.0 Å². The van der Waals surface area contributed by atoms with E-state index in [4.69, 9.17) is 10.5 Å². The average molecular weight is 370 g/mol. The Kier molecular flexibility index (Phi) is 5.54. The summed E-state index contributed by atoms with van der Waals surface area (Å²) in [4.78, 5) is 38.4. The van der Waals surface area contributed by atoms with E-state index in [1.165, 1.54) is 10.7 Å². The van der Waals surface area contributed by atoms with Crippen LogP contribution in [-0.4, -0.2) is 41.4 Å². The van der Waals surface area contributed by atoms with Gasteiger partial charge in [-0.1, -0.05) is 18.2 Å². The molecule has 142 valence electrons. The van der Waals surface area contributed by atoms with Gasteiger partial charge in [0.2, 0.25) is 5.91 Å². The van der Waals surface area contributed by atoms with Crippen LogP contribution in [0.3, 0.4) is 0 Å². The summed E-state index contributed by atoms with van der Waals surface area (Å²) in [7, 11) is 0. The van der Waals surface area contributed by atoms with Crippen LogP contribution in [0.2, 0.25) is 0 Å². The summed E-state index contributed by atoms with van der Waals surface area (Å²) in [6.07, 6.45) is 1.14. The molecule has 27 heavy (non-hydrogen) atoms. The third-order valence-corrected chi connectivity index (χ3v) is 4.62. The lowest BCUT2D eigenvalue weighted by atomic mass is 9.96. The summed E-state index contributed by atoms with van der Waals surface area (Å²) in [5.74, 6) is -1.10. The van der Waals surface area contributed by atoms with Crippen molar-refractivity contribution in [3.05, 3.63) is 52.4 Å².